The van der Waals surface area contributed by atoms with Crippen LogP contribution in [0.4, 0.5) is 0 Å². The van der Waals surface area contributed by atoms with Crippen LogP contribution in [0, 0.1) is 0 Å². The number of halogens is 1. The summed E-state index contributed by atoms with van der Waals surface area (Å²) in [5.74, 6) is 0. The van der Waals surface area contributed by atoms with E-state index in [1.165, 1.54) is 121 Å². The van der Waals surface area contributed by atoms with Crippen LogP contribution in [-0.4, -0.2) is 25.1 Å². The second-order valence-electron chi connectivity index (χ2n) is 9.20. The molecule has 0 aliphatic heterocycles. The summed E-state index contributed by atoms with van der Waals surface area (Å²) < 4.78 is 1.14. The summed E-state index contributed by atoms with van der Waals surface area (Å²) in [5, 5.41) is 2.20. The van der Waals surface area contributed by atoms with E-state index < -0.39 is 0 Å². The van der Waals surface area contributed by atoms with Crippen molar-refractivity contribution in [3.05, 3.63) is 22.4 Å². The van der Waals surface area contributed by atoms with Gasteiger partial charge in [-0.3, -0.25) is 0 Å². The molecule has 0 aliphatic carbocycles. The van der Waals surface area contributed by atoms with Crippen LogP contribution >= 0.6 is 11.3 Å². The van der Waals surface area contributed by atoms with E-state index in [0.29, 0.717) is 0 Å². The normalized spacial score (nSPS) is 11.5. The smallest absolute Gasteiger partial charge is 0.113 e. The van der Waals surface area contributed by atoms with Crippen LogP contribution in [0.3, 0.4) is 0 Å². The summed E-state index contributed by atoms with van der Waals surface area (Å²) in [6.45, 7) is 4.81. The molecule has 0 radical (unpaired) electrons. The lowest BCUT2D eigenvalue weighted by molar-refractivity contribution is -0.903. The first kappa shape index (κ1) is 27.9. The molecule has 0 aromatic carbocycles. The average Bonchev–Trinajstić information content (AvgIpc) is 3.13. The van der Waals surface area contributed by atoms with Crippen molar-refractivity contribution in [3.8, 4) is 0 Å². The Hall–Kier alpha value is -0.0500. The molecule has 0 bridgehead atoms. The third-order valence-electron chi connectivity index (χ3n) is 5.78. The Morgan fingerprint density at radius 1 is 0.679 bits per heavy atom. The number of hydrogen-bond donors (Lipinski definition) is 0. The molecule has 1 heterocycles. The Balaban J connectivity index is 0.00000729. The third kappa shape index (κ3) is 16.9. The van der Waals surface area contributed by atoms with Crippen molar-refractivity contribution in [2.24, 2.45) is 0 Å². The summed E-state index contributed by atoms with van der Waals surface area (Å²) in [6, 6.07) is 4.45. The third-order valence-corrected chi connectivity index (χ3v) is 6.64. The highest BCUT2D eigenvalue weighted by Gasteiger charge is 2.15. The number of thiophene rings is 1. The highest BCUT2D eigenvalue weighted by molar-refractivity contribution is 7.09. The highest BCUT2D eigenvalue weighted by Crippen LogP contribution is 2.17. The van der Waals surface area contributed by atoms with Gasteiger partial charge in [0.2, 0.25) is 0 Å². The van der Waals surface area contributed by atoms with Crippen LogP contribution in [0.25, 0.3) is 0 Å². The molecule has 0 saturated heterocycles. The molecule has 1 aromatic rings. The molecule has 0 saturated carbocycles. The standard InChI is InChI=1S/C25H48NS.ClH/c1-4-5-6-7-8-9-10-11-12-13-14-15-16-17-18-19-22-26(2,3)24-25-21-20-23-27-25;/h20-21,23H,4-19,22,24H2,1-3H3;1H/q+1;/p-1. The highest BCUT2D eigenvalue weighted by atomic mass is 35.5. The fraction of sp³-hybridized carbons (Fsp3) is 0.840. The summed E-state index contributed by atoms with van der Waals surface area (Å²) in [7, 11) is 4.76. The first-order valence-electron chi connectivity index (χ1n) is 12.0. The number of nitrogens with zero attached hydrogens (tertiary/aromatic N) is 1. The van der Waals surface area contributed by atoms with E-state index in [1.54, 1.807) is 0 Å². The van der Waals surface area contributed by atoms with Gasteiger partial charge >= 0.3 is 0 Å². The maximum atomic E-state index is 2.38. The van der Waals surface area contributed by atoms with Gasteiger partial charge in [-0.25, -0.2) is 0 Å². The van der Waals surface area contributed by atoms with Crippen molar-refractivity contribution < 1.29 is 16.9 Å². The molecular weight excluding hydrogens is 382 g/mol. The van der Waals surface area contributed by atoms with E-state index in [9.17, 15) is 0 Å². The SMILES string of the molecule is CCCCCCCCCCCCCCCCCC[N+](C)(C)Cc1cccs1.[Cl-]. The van der Waals surface area contributed by atoms with Crippen molar-refractivity contribution in [2.45, 2.75) is 116 Å². The molecule has 0 fully saturated rings. The molecule has 0 unspecified atom stereocenters. The predicted molar refractivity (Wildman–Crippen MR) is 125 cm³/mol. The van der Waals surface area contributed by atoms with Crippen molar-refractivity contribution in [1.82, 2.24) is 0 Å². The Bertz CT molecular complexity index is 416. The fourth-order valence-corrected chi connectivity index (χ4v) is 4.90. The Kier molecular flexibility index (Phi) is 18.9. The molecule has 1 nitrogen and oxygen atoms in total. The lowest BCUT2D eigenvalue weighted by Gasteiger charge is -2.29. The molecule has 0 atom stereocenters. The quantitative estimate of drug-likeness (QED) is 0.198. The van der Waals surface area contributed by atoms with E-state index in [-0.39, 0.29) is 12.4 Å². The van der Waals surface area contributed by atoms with E-state index in [2.05, 4.69) is 38.5 Å². The first-order valence-corrected chi connectivity index (χ1v) is 12.9. The van der Waals surface area contributed by atoms with Gasteiger partial charge in [0, 0.05) is 0 Å². The minimum Gasteiger partial charge on any atom is -1.00 e. The van der Waals surface area contributed by atoms with Crippen molar-refractivity contribution in [2.75, 3.05) is 20.6 Å². The molecule has 0 spiro atoms. The van der Waals surface area contributed by atoms with Crippen molar-refractivity contribution in [3.63, 3.8) is 0 Å². The van der Waals surface area contributed by atoms with Gasteiger partial charge in [0.25, 0.3) is 0 Å². The number of hydrogen-bond acceptors (Lipinski definition) is 1. The molecule has 0 aliphatic rings. The van der Waals surface area contributed by atoms with Crippen LogP contribution in [0.1, 0.15) is 115 Å². The van der Waals surface area contributed by atoms with E-state index in [0.717, 1.165) is 4.48 Å². The zero-order valence-corrected chi connectivity index (χ0v) is 20.8. The maximum Gasteiger partial charge on any atom is 0.113 e. The van der Waals surface area contributed by atoms with Gasteiger partial charge in [0.1, 0.15) is 6.54 Å². The monoisotopic (exact) mass is 429 g/mol. The van der Waals surface area contributed by atoms with Gasteiger partial charge in [-0.15, -0.1) is 11.3 Å². The van der Waals surface area contributed by atoms with Crippen molar-refractivity contribution in [1.29, 1.82) is 0 Å². The topological polar surface area (TPSA) is 0 Å². The zero-order valence-electron chi connectivity index (χ0n) is 19.2. The summed E-state index contributed by atoms with van der Waals surface area (Å²) >= 11 is 1.90. The first-order chi connectivity index (χ1) is 13.1. The molecule has 1 aromatic heterocycles. The minimum atomic E-state index is 0. The van der Waals surface area contributed by atoms with Crippen molar-refractivity contribution >= 4 is 11.3 Å². The van der Waals surface area contributed by atoms with Crippen LogP contribution < -0.4 is 12.4 Å². The lowest BCUT2D eigenvalue weighted by atomic mass is 10.0. The Labute approximate surface area is 187 Å². The fourth-order valence-electron chi connectivity index (χ4n) is 3.99. The van der Waals surface area contributed by atoms with Gasteiger partial charge in [-0.1, -0.05) is 103 Å². The van der Waals surface area contributed by atoms with Crippen LogP contribution in [0.5, 0.6) is 0 Å². The maximum absolute atomic E-state index is 2.38. The number of quaternary nitrogens is 1. The average molecular weight is 430 g/mol. The van der Waals surface area contributed by atoms with E-state index in [4.69, 9.17) is 0 Å². The molecule has 1 rings (SSSR count). The largest absolute Gasteiger partial charge is 1.00 e. The molecular formula is C25H48ClNS. The second-order valence-corrected chi connectivity index (χ2v) is 10.2. The van der Waals surface area contributed by atoms with Crippen LogP contribution in [-0.2, 0) is 6.54 Å². The van der Waals surface area contributed by atoms with Gasteiger partial charge in [0.15, 0.2) is 0 Å². The number of unbranched alkanes of at least 4 members (excludes halogenated alkanes) is 15. The lowest BCUT2D eigenvalue weighted by Crippen LogP contribution is -3.00. The van der Waals surface area contributed by atoms with Gasteiger partial charge in [0.05, 0.1) is 25.5 Å². The molecule has 0 amide bonds. The molecule has 0 N–H and O–H groups in total. The van der Waals surface area contributed by atoms with Crippen LogP contribution in [0.2, 0.25) is 0 Å². The van der Waals surface area contributed by atoms with Gasteiger partial charge in [-0.05, 0) is 24.3 Å². The minimum absolute atomic E-state index is 0. The summed E-state index contributed by atoms with van der Waals surface area (Å²) in [6.07, 6.45) is 23.2. The summed E-state index contributed by atoms with van der Waals surface area (Å²) in [4.78, 5) is 1.52. The van der Waals surface area contributed by atoms with E-state index >= 15 is 0 Å². The molecule has 166 valence electrons. The van der Waals surface area contributed by atoms with E-state index in [1.807, 2.05) is 11.3 Å². The predicted octanol–water partition coefficient (Wildman–Crippen LogP) is 5.59. The second kappa shape index (κ2) is 18.9. The van der Waals surface area contributed by atoms with Gasteiger partial charge < -0.3 is 16.9 Å². The Morgan fingerprint density at radius 2 is 1.11 bits per heavy atom. The Morgan fingerprint density at radius 3 is 1.50 bits per heavy atom. The number of rotatable bonds is 19. The molecule has 3 heteroatoms. The van der Waals surface area contributed by atoms with Gasteiger partial charge in [-0.2, -0.15) is 0 Å². The molecule has 28 heavy (non-hydrogen) atoms. The zero-order chi connectivity index (χ0) is 19.6. The van der Waals surface area contributed by atoms with Crippen LogP contribution in [0.15, 0.2) is 17.5 Å². The summed E-state index contributed by atoms with van der Waals surface area (Å²) in [5.41, 5.74) is 0.